The van der Waals surface area contributed by atoms with E-state index < -0.39 is 17.7 Å². The Morgan fingerprint density at radius 2 is 1.74 bits per heavy atom. The normalized spacial score (nSPS) is 27.3. The largest absolute Gasteiger partial charge is 0.508 e. The van der Waals surface area contributed by atoms with Crippen LogP contribution in [0.4, 0.5) is 15.8 Å². The molecule has 3 N–H and O–H groups in total. The molecule has 4 aromatic rings. The lowest BCUT2D eigenvalue weighted by Gasteiger charge is -2.43. The van der Waals surface area contributed by atoms with Crippen LogP contribution in [-0.2, 0) is 14.4 Å². The Morgan fingerprint density at radius 1 is 1.02 bits per heavy atom. The van der Waals surface area contributed by atoms with E-state index in [4.69, 9.17) is 4.74 Å². The molecule has 0 spiro atoms. The van der Waals surface area contributed by atoms with Gasteiger partial charge in [0, 0.05) is 31.8 Å². The van der Waals surface area contributed by atoms with Gasteiger partial charge in [0.05, 0.1) is 22.5 Å². The number of thioether (sulfide) groups is 1. The molecule has 4 unspecified atom stereocenters. The number of hydrogen-bond donors (Lipinski definition) is 3. The highest BCUT2D eigenvalue weighted by Crippen LogP contribution is 2.69. The lowest BCUT2D eigenvalue weighted by atomic mass is 9.68. The van der Waals surface area contributed by atoms with Crippen LogP contribution in [0.25, 0.3) is 0 Å². The van der Waals surface area contributed by atoms with Gasteiger partial charge in [-0.3, -0.25) is 24.1 Å². The summed E-state index contributed by atoms with van der Waals surface area (Å²) in [7, 11) is 0. The molecule has 0 radical (unpaired) electrons. The van der Waals surface area contributed by atoms with Gasteiger partial charge in [0.1, 0.15) is 17.3 Å². The van der Waals surface area contributed by atoms with Crippen molar-refractivity contribution in [2.45, 2.75) is 22.6 Å². The van der Waals surface area contributed by atoms with Crippen LogP contribution in [0.3, 0.4) is 0 Å². The Bertz CT molecular complexity index is 1970. The van der Waals surface area contributed by atoms with E-state index in [0.717, 1.165) is 31.3 Å². The number of fused-ring (bicyclic) bond motifs is 9. The molecule has 4 aliphatic rings. The summed E-state index contributed by atoms with van der Waals surface area (Å²) in [6.07, 6.45) is 0.710. The van der Waals surface area contributed by atoms with Crippen LogP contribution in [0.1, 0.15) is 22.8 Å². The number of amides is 3. The van der Waals surface area contributed by atoms with Gasteiger partial charge >= 0.3 is 4.87 Å². The van der Waals surface area contributed by atoms with Crippen molar-refractivity contribution in [3.63, 3.8) is 0 Å². The summed E-state index contributed by atoms with van der Waals surface area (Å²) < 4.78 is 20.6. The van der Waals surface area contributed by atoms with Gasteiger partial charge in [0.2, 0.25) is 11.8 Å². The summed E-state index contributed by atoms with van der Waals surface area (Å²) >= 11 is 6.31. The number of nitrogens with zero attached hydrogens (tertiary/aromatic N) is 1. The van der Waals surface area contributed by atoms with E-state index >= 15 is 0 Å². The highest BCUT2D eigenvalue weighted by molar-refractivity contribution is 9.10. The third-order valence-corrected chi connectivity index (χ3v) is 12.7. The molecule has 3 heterocycles. The van der Waals surface area contributed by atoms with Gasteiger partial charge in [-0.15, -0.1) is 11.8 Å². The number of imide groups is 1. The van der Waals surface area contributed by atoms with Crippen molar-refractivity contribution in [3.8, 4) is 11.5 Å². The van der Waals surface area contributed by atoms with E-state index in [-0.39, 0.29) is 63.9 Å². The number of rotatable bonds is 6. The molecular weight excluding hydrogens is 697 g/mol. The first kappa shape index (κ1) is 29.5. The SMILES string of the molecule is O=C(COc1ccc(Br)cc1[C@H]1c2sc(=O)[nH]c2SC2C1[C@H]1C[C@@H]2C2C(=O)N(c3ccc(F)cc3)C(=O)C21)Nc1ccc(O)cc1. The number of hydrogen-bond acceptors (Lipinski definition) is 8. The topological polar surface area (TPSA) is 129 Å². The van der Waals surface area contributed by atoms with E-state index in [2.05, 4.69) is 26.2 Å². The van der Waals surface area contributed by atoms with Crippen molar-refractivity contribution in [1.29, 1.82) is 0 Å². The fourth-order valence-electron chi connectivity index (χ4n) is 7.99. The predicted molar refractivity (Wildman–Crippen MR) is 174 cm³/mol. The van der Waals surface area contributed by atoms with E-state index in [0.29, 0.717) is 23.5 Å². The third-order valence-electron chi connectivity index (χ3n) is 9.63. The zero-order valence-electron chi connectivity index (χ0n) is 23.8. The van der Waals surface area contributed by atoms with Gasteiger partial charge in [0.25, 0.3) is 5.91 Å². The number of anilines is 2. The standard InChI is InChI=1S/C33H25BrFN3O6S2/c34-14-1-10-22(44-13-23(40)36-16-4-8-18(39)9-5-16)19(11-14)24-25-20-12-21(28(25)45-30-29(24)46-33(43)37-30)27-26(20)31(41)38(32(27)42)17-6-2-15(35)3-7-17/h1-11,20-21,24-28,39H,12-13H2,(H,36,40)(H,37,43)/t20-,21-,24-,25?,26?,27?,28?/m1/s1. The minimum atomic E-state index is -0.517. The number of halogens is 2. The number of carbonyl (C=O) groups is 3. The van der Waals surface area contributed by atoms with Gasteiger partial charge < -0.3 is 20.1 Å². The quantitative estimate of drug-likeness (QED) is 0.171. The molecule has 1 aromatic heterocycles. The highest BCUT2D eigenvalue weighted by Gasteiger charge is 2.69. The molecule has 3 fully saturated rings. The van der Waals surface area contributed by atoms with Crippen molar-refractivity contribution in [2.24, 2.45) is 29.6 Å². The molecule has 234 valence electrons. The van der Waals surface area contributed by atoms with Crippen molar-refractivity contribution in [1.82, 2.24) is 4.98 Å². The van der Waals surface area contributed by atoms with Crippen molar-refractivity contribution in [2.75, 3.05) is 16.8 Å². The first-order chi connectivity index (χ1) is 22.2. The van der Waals surface area contributed by atoms with Crippen molar-refractivity contribution in [3.05, 3.63) is 97.1 Å². The van der Waals surface area contributed by atoms with Crippen LogP contribution < -0.4 is 19.8 Å². The fraction of sp³-hybridized carbons (Fsp3) is 0.273. The van der Waals surface area contributed by atoms with Gasteiger partial charge in [-0.1, -0.05) is 27.3 Å². The van der Waals surface area contributed by atoms with Crippen LogP contribution in [0.5, 0.6) is 11.5 Å². The number of benzene rings is 3. The van der Waals surface area contributed by atoms with Crippen LogP contribution >= 0.6 is 39.0 Å². The summed E-state index contributed by atoms with van der Waals surface area (Å²) in [5, 5.41) is 13.0. The molecule has 13 heteroatoms. The van der Waals surface area contributed by atoms with Gasteiger partial charge in [-0.2, -0.15) is 0 Å². The minimum absolute atomic E-state index is 0.0384. The zero-order valence-corrected chi connectivity index (χ0v) is 27.0. The molecule has 2 saturated carbocycles. The Labute approximate surface area is 278 Å². The number of H-pyrrole nitrogens is 1. The van der Waals surface area contributed by atoms with Crippen LogP contribution in [0.2, 0.25) is 0 Å². The maximum Gasteiger partial charge on any atom is 0.305 e. The number of phenolic OH excluding ortho intramolecular Hbond substituents is 1. The van der Waals surface area contributed by atoms with Gasteiger partial charge in [-0.25, -0.2) is 4.39 Å². The first-order valence-corrected chi connectivity index (χ1v) is 17.2. The molecule has 2 bridgehead atoms. The summed E-state index contributed by atoms with van der Waals surface area (Å²) in [6, 6.07) is 17.1. The molecule has 8 rings (SSSR count). The summed E-state index contributed by atoms with van der Waals surface area (Å²) in [5.74, 6) is -2.40. The summed E-state index contributed by atoms with van der Waals surface area (Å²) in [4.78, 5) is 58.2. The van der Waals surface area contributed by atoms with Crippen LogP contribution in [0.15, 0.2) is 81.0 Å². The average molecular weight is 723 g/mol. The molecular formula is C33H25BrFN3O6S2. The summed E-state index contributed by atoms with van der Waals surface area (Å²) in [6.45, 7) is -0.280. The average Bonchev–Trinajstić information content (AvgIpc) is 3.77. The van der Waals surface area contributed by atoms with E-state index in [1.807, 2.05) is 12.1 Å². The lowest BCUT2D eigenvalue weighted by molar-refractivity contribution is -0.123. The summed E-state index contributed by atoms with van der Waals surface area (Å²) in [5.41, 5.74) is 1.67. The first-order valence-electron chi connectivity index (χ1n) is 14.7. The number of aromatic hydroxyl groups is 1. The second-order valence-electron chi connectivity index (χ2n) is 12.0. The zero-order chi connectivity index (χ0) is 31.9. The number of aromatic amines is 1. The van der Waals surface area contributed by atoms with Gasteiger partial charge in [0.15, 0.2) is 6.61 Å². The number of phenols is 1. The monoisotopic (exact) mass is 721 g/mol. The number of thiazole rings is 1. The van der Waals surface area contributed by atoms with Crippen LogP contribution in [-0.4, -0.2) is 39.7 Å². The maximum absolute atomic E-state index is 14.0. The Kier molecular flexibility index (Phi) is 7.11. The van der Waals surface area contributed by atoms with Crippen LogP contribution in [0, 0.1) is 35.4 Å². The molecule has 3 aromatic carbocycles. The molecule has 2 aliphatic heterocycles. The third kappa shape index (κ3) is 4.70. The lowest BCUT2D eigenvalue weighted by Crippen LogP contribution is -2.42. The second kappa shape index (κ2) is 11.1. The Balaban J connectivity index is 1.14. The number of carbonyl (C=O) groups excluding carboxylic acids is 3. The van der Waals surface area contributed by atoms with E-state index in [1.54, 1.807) is 30.0 Å². The molecule has 7 atom stereocenters. The van der Waals surface area contributed by atoms with Crippen molar-refractivity contribution < 1.29 is 28.6 Å². The number of nitrogens with one attached hydrogen (secondary N) is 2. The maximum atomic E-state index is 14.0. The second-order valence-corrected chi connectivity index (χ2v) is 15.1. The molecule has 3 amide bonds. The fourth-order valence-corrected chi connectivity index (χ4v) is 11.2. The van der Waals surface area contributed by atoms with Gasteiger partial charge in [-0.05, 0) is 90.9 Å². The Morgan fingerprint density at radius 3 is 2.48 bits per heavy atom. The smallest absolute Gasteiger partial charge is 0.305 e. The molecule has 46 heavy (non-hydrogen) atoms. The highest BCUT2D eigenvalue weighted by atomic mass is 79.9. The molecule has 1 saturated heterocycles. The van der Waals surface area contributed by atoms with Crippen molar-refractivity contribution >= 4 is 68.1 Å². The van der Waals surface area contributed by atoms with E-state index in [1.165, 1.54) is 41.3 Å². The molecule has 9 nitrogen and oxygen atoms in total. The molecule has 2 aliphatic carbocycles. The predicted octanol–water partition coefficient (Wildman–Crippen LogP) is 5.74. The number of aromatic nitrogens is 1. The minimum Gasteiger partial charge on any atom is -0.508 e. The number of ether oxygens (including phenoxy) is 1. The van der Waals surface area contributed by atoms with E-state index in [9.17, 15) is 28.7 Å². The Hall–Kier alpha value is -3.94.